The van der Waals surface area contributed by atoms with E-state index in [9.17, 15) is 14.0 Å². The highest BCUT2D eigenvalue weighted by Crippen LogP contribution is 2.25. The fraction of sp³-hybridized carbons (Fsp3) is 0.0435. The van der Waals surface area contributed by atoms with Crippen LogP contribution >= 0.6 is 23.4 Å². The Morgan fingerprint density at radius 1 is 0.906 bits per heavy atom. The van der Waals surface area contributed by atoms with Crippen LogP contribution in [0.25, 0.3) is 11.5 Å². The van der Waals surface area contributed by atoms with Crippen LogP contribution in [-0.2, 0) is 4.79 Å². The standard InChI is InChI=1S/C23H14ClFN2O4S/c24-17-7-1-16(2-8-17)22-26-27-23(31-22)32-13-20(28)30-19-11-5-15(6-12-19)21(29)14-3-9-18(25)10-4-14/h1-12H,13H2. The molecule has 0 radical (unpaired) electrons. The molecule has 0 aliphatic rings. The zero-order valence-corrected chi connectivity index (χ0v) is 17.9. The molecule has 0 unspecified atom stereocenters. The van der Waals surface area contributed by atoms with Crippen LogP contribution in [-0.4, -0.2) is 27.7 Å². The van der Waals surface area contributed by atoms with Crippen molar-refractivity contribution in [3.8, 4) is 17.2 Å². The number of carbonyl (C=O) groups is 2. The third-order valence-electron chi connectivity index (χ3n) is 4.27. The fourth-order valence-corrected chi connectivity index (χ4v) is 3.36. The van der Waals surface area contributed by atoms with Gasteiger partial charge < -0.3 is 9.15 Å². The predicted octanol–water partition coefficient (Wildman–Crippen LogP) is 5.46. The van der Waals surface area contributed by atoms with E-state index >= 15 is 0 Å². The van der Waals surface area contributed by atoms with E-state index in [1.54, 1.807) is 24.3 Å². The van der Waals surface area contributed by atoms with Gasteiger partial charge in [-0.3, -0.25) is 9.59 Å². The van der Waals surface area contributed by atoms with Crippen LogP contribution in [0.4, 0.5) is 4.39 Å². The normalized spacial score (nSPS) is 10.7. The number of benzene rings is 3. The third-order valence-corrected chi connectivity index (χ3v) is 5.31. The number of ether oxygens (including phenoxy) is 1. The van der Waals surface area contributed by atoms with Gasteiger partial charge in [-0.2, -0.15) is 0 Å². The summed E-state index contributed by atoms with van der Waals surface area (Å²) < 4.78 is 23.8. The lowest BCUT2D eigenvalue weighted by Crippen LogP contribution is -2.11. The van der Waals surface area contributed by atoms with Crippen molar-refractivity contribution in [2.45, 2.75) is 5.22 Å². The van der Waals surface area contributed by atoms with Crippen LogP contribution in [0.1, 0.15) is 15.9 Å². The summed E-state index contributed by atoms with van der Waals surface area (Å²) in [5, 5.41) is 8.68. The van der Waals surface area contributed by atoms with Gasteiger partial charge in [-0.1, -0.05) is 23.4 Å². The smallest absolute Gasteiger partial charge is 0.321 e. The van der Waals surface area contributed by atoms with Gasteiger partial charge in [-0.15, -0.1) is 10.2 Å². The summed E-state index contributed by atoms with van der Waals surface area (Å²) in [5.74, 6) is -0.621. The summed E-state index contributed by atoms with van der Waals surface area (Å²) in [4.78, 5) is 24.5. The van der Waals surface area contributed by atoms with Gasteiger partial charge in [-0.05, 0) is 72.8 Å². The maximum Gasteiger partial charge on any atom is 0.321 e. The molecule has 0 amide bonds. The molecular weight excluding hydrogens is 455 g/mol. The third kappa shape index (κ3) is 5.40. The van der Waals surface area contributed by atoms with Crippen LogP contribution < -0.4 is 4.74 Å². The Hall–Kier alpha value is -3.49. The minimum atomic E-state index is -0.515. The first-order valence-electron chi connectivity index (χ1n) is 9.31. The summed E-state index contributed by atoms with van der Waals surface area (Å²) in [5.41, 5.74) is 1.48. The van der Waals surface area contributed by atoms with Crippen molar-refractivity contribution in [1.82, 2.24) is 10.2 Å². The average molecular weight is 469 g/mol. The number of ketones is 1. The molecule has 0 fully saturated rings. The fourth-order valence-electron chi connectivity index (χ4n) is 2.70. The van der Waals surface area contributed by atoms with Gasteiger partial charge >= 0.3 is 5.97 Å². The van der Waals surface area contributed by atoms with Crippen LogP contribution in [0, 0.1) is 5.82 Å². The van der Waals surface area contributed by atoms with E-state index in [-0.39, 0.29) is 16.8 Å². The number of hydrogen-bond acceptors (Lipinski definition) is 7. The molecule has 4 rings (SSSR count). The SMILES string of the molecule is O=C(CSc1nnc(-c2ccc(Cl)cc2)o1)Oc1ccc(C(=O)c2ccc(F)cc2)cc1. The van der Waals surface area contributed by atoms with E-state index in [1.807, 2.05) is 0 Å². The molecule has 4 aromatic rings. The Balaban J connectivity index is 1.31. The number of thioether (sulfide) groups is 1. The summed E-state index contributed by atoms with van der Waals surface area (Å²) in [6.07, 6.45) is 0. The highest BCUT2D eigenvalue weighted by atomic mass is 35.5. The number of esters is 1. The van der Waals surface area contributed by atoms with Crippen LogP contribution in [0.15, 0.2) is 82.4 Å². The number of halogens is 2. The van der Waals surface area contributed by atoms with Gasteiger partial charge in [0.25, 0.3) is 5.22 Å². The number of hydrogen-bond donors (Lipinski definition) is 0. The summed E-state index contributed by atoms with van der Waals surface area (Å²) in [6.45, 7) is 0. The Morgan fingerprint density at radius 2 is 1.53 bits per heavy atom. The maximum atomic E-state index is 13.0. The number of nitrogens with zero attached hydrogens (tertiary/aromatic N) is 2. The predicted molar refractivity (Wildman–Crippen MR) is 117 cm³/mol. The monoisotopic (exact) mass is 468 g/mol. The molecule has 0 aliphatic heterocycles. The lowest BCUT2D eigenvalue weighted by Gasteiger charge is -2.05. The molecule has 0 bridgehead atoms. The van der Waals surface area contributed by atoms with Gasteiger partial charge in [0.2, 0.25) is 5.89 Å². The molecule has 1 aromatic heterocycles. The molecule has 0 spiro atoms. The first kappa shape index (κ1) is 21.7. The maximum absolute atomic E-state index is 13.0. The molecule has 3 aromatic carbocycles. The molecule has 0 N–H and O–H groups in total. The van der Waals surface area contributed by atoms with Crippen molar-refractivity contribution >= 4 is 35.1 Å². The summed E-state index contributed by atoms with van der Waals surface area (Å²) >= 11 is 6.91. The topological polar surface area (TPSA) is 82.3 Å². The second-order valence-corrected chi connectivity index (χ2v) is 7.87. The molecule has 0 saturated heterocycles. The minimum absolute atomic E-state index is 0.0431. The highest BCUT2D eigenvalue weighted by Gasteiger charge is 2.14. The number of rotatable bonds is 7. The Bertz CT molecular complexity index is 1240. The Kier molecular flexibility index (Phi) is 6.63. The zero-order chi connectivity index (χ0) is 22.5. The molecule has 0 saturated carbocycles. The zero-order valence-electron chi connectivity index (χ0n) is 16.3. The van der Waals surface area contributed by atoms with Crippen LogP contribution in [0.3, 0.4) is 0 Å². The molecule has 6 nitrogen and oxygen atoms in total. The van der Waals surface area contributed by atoms with Crippen molar-refractivity contribution in [2.24, 2.45) is 0 Å². The van der Waals surface area contributed by atoms with Gasteiger partial charge in [-0.25, -0.2) is 4.39 Å². The highest BCUT2D eigenvalue weighted by molar-refractivity contribution is 7.99. The van der Waals surface area contributed by atoms with Crippen molar-refractivity contribution < 1.29 is 23.1 Å². The number of carbonyl (C=O) groups excluding carboxylic acids is 2. The minimum Gasteiger partial charge on any atom is -0.426 e. The van der Waals surface area contributed by atoms with E-state index in [0.717, 1.165) is 11.8 Å². The summed E-state index contributed by atoms with van der Waals surface area (Å²) in [6, 6.07) is 18.3. The van der Waals surface area contributed by atoms with Gasteiger partial charge in [0.15, 0.2) is 5.78 Å². The molecule has 1 heterocycles. The quantitative estimate of drug-likeness (QED) is 0.154. The van der Waals surface area contributed by atoms with E-state index in [1.165, 1.54) is 48.5 Å². The average Bonchev–Trinajstić information content (AvgIpc) is 3.28. The van der Waals surface area contributed by atoms with E-state index in [2.05, 4.69) is 10.2 Å². The number of aromatic nitrogens is 2. The molecule has 160 valence electrons. The van der Waals surface area contributed by atoms with Gasteiger partial charge in [0, 0.05) is 21.7 Å². The lowest BCUT2D eigenvalue weighted by atomic mass is 10.0. The van der Waals surface area contributed by atoms with Gasteiger partial charge in [0.1, 0.15) is 17.3 Å². The van der Waals surface area contributed by atoms with Crippen LogP contribution in [0.5, 0.6) is 5.75 Å². The molecule has 0 aliphatic carbocycles. The van der Waals surface area contributed by atoms with Crippen molar-refractivity contribution in [3.05, 3.63) is 94.8 Å². The largest absolute Gasteiger partial charge is 0.426 e. The van der Waals surface area contributed by atoms with Crippen LogP contribution in [0.2, 0.25) is 5.02 Å². The van der Waals surface area contributed by atoms with E-state index in [0.29, 0.717) is 33.4 Å². The van der Waals surface area contributed by atoms with E-state index < -0.39 is 11.8 Å². The van der Waals surface area contributed by atoms with E-state index in [4.69, 9.17) is 20.8 Å². The summed E-state index contributed by atoms with van der Waals surface area (Å²) in [7, 11) is 0. The second kappa shape index (κ2) is 9.76. The first-order valence-corrected chi connectivity index (χ1v) is 10.7. The molecule has 9 heteroatoms. The molecule has 32 heavy (non-hydrogen) atoms. The van der Waals surface area contributed by atoms with Crippen molar-refractivity contribution in [2.75, 3.05) is 5.75 Å². The second-order valence-electron chi connectivity index (χ2n) is 6.50. The Labute approximate surface area is 191 Å². The first-order chi connectivity index (χ1) is 15.5. The molecule has 0 atom stereocenters. The molecular formula is C23H14ClFN2O4S. The van der Waals surface area contributed by atoms with Crippen molar-refractivity contribution in [3.63, 3.8) is 0 Å². The van der Waals surface area contributed by atoms with Gasteiger partial charge in [0.05, 0.1) is 0 Å². The Morgan fingerprint density at radius 3 is 2.19 bits per heavy atom. The lowest BCUT2D eigenvalue weighted by molar-refractivity contribution is -0.131. The van der Waals surface area contributed by atoms with Crippen molar-refractivity contribution in [1.29, 1.82) is 0 Å².